The largest absolute Gasteiger partial charge is 0.311 e. The number of fused-ring (bicyclic) bond motifs is 1. The molecule has 2 atom stereocenters. The number of piperidine rings is 1. The van der Waals surface area contributed by atoms with Crippen molar-refractivity contribution in [3.63, 3.8) is 0 Å². The van der Waals surface area contributed by atoms with Crippen LogP contribution in [-0.2, 0) is 0 Å². The van der Waals surface area contributed by atoms with Crippen LogP contribution in [0.1, 0.15) is 49.3 Å². The topological polar surface area (TPSA) is 0 Å². The van der Waals surface area contributed by atoms with E-state index in [-0.39, 0.29) is 0 Å². The van der Waals surface area contributed by atoms with Gasteiger partial charge in [0.15, 0.2) is 0 Å². The van der Waals surface area contributed by atoms with Crippen LogP contribution in [0.15, 0.2) is 60.7 Å². The van der Waals surface area contributed by atoms with Gasteiger partial charge in [0, 0.05) is 24.0 Å². The molecule has 1 heteroatoms. The molecule has 2 aliphatic heterocycles. The highest BCUT2D eigenvalue weighted by molar-refractivity contribution is 5.30. The van der Waals surface area contributed by atoms with Gasteiger partial charge in [0.1, 0.15) is 6.04 Å². The minimum Gasteiger partial charge on any atom is -0.311 e. The van der Waals surface area contributed by atoms with E-state index < -0.39 is 0 Å². The van der Waals surface area contributed by atoms with Crippen molar-refractivity contribution in [2.24, 2.45) is 0 Å². The monoisotopic (exact) mass is 292 g/mol. The van der Waals surface area contributed by atoms with Crippen molar-refractivity contribution in [3.05, 3.63) is 71.8 Å². The number of rotatable bonds is 3. The lowest BCUT2D eigenvalue weighted by molar-refractivity contribution is -0.966. The Balaban J connectivity index is 1.84. The number of hydrogen-bond donors (Lipinski definition) is 0. The van der Waals surface area contributed by atoms with Crippen LogP contribution in [0, 0.1) is 0 Å². The van der Waals surface area contributed by atoms with E-state index in [2.05, 4.69) is 60.7 Å². The first-order valence-electron chi connectivity index (χ1n) is 8.86. The lowest BCUT2D eigenvalue weighted by Gasteiger charge is -2.49. The molecule has 22 heavy (non-hydrogen) atoms. The Morgan fingerprint density at radius 2 is 1.23 bits per heavy atom. The van der Waals surface area contributed by atoms with E-state index in [1.807, 2.05) is 0 Å². The highest BCUT2D eigenvalue weighted by Crippen LogP contribution is 2.46. The highest BCUT2D eigenvalue weighted by Gasteiger charge is 2.49. The number of hydrogen-bond acceptors (Lipinski definition) is 0. The zero-order valence-corrected chi connectivity index (χ0v) is 13.3. The summed E-state index contributed by atoms with van der Waals surface area (Å²) in [4.78, 5) is 0. The van der Waals surface area contributed by atoms with Gasteiger partial charge in [0.25, 0.3) is 0 Å². The molecule has 0 saturated carbocycles. The molecule has 0 spiro atoms. The molecule has 2 heterocycles. The number of nitrogens with zero attached hydrogens (tertiary/aromatic N) is 1. The SMILES string of the molecule is c1ccc(C(c2ccccc2)[N@@+]23CCCC[C@H]2CCC3)cc1. The summed E-state index contributed by atoms with van der Waals surface area (Å²) in [6.07, 6.45) is 7.08. The second-order valence-electron chi connectivity index (χ2n) is 7.07. The fourth-order valence-corrected chi connectivity index (χ4v) is 5.07. The predicted molar refractivity (Wildman–Crippen MR) is 91.6 cm³/mol. The quantitative estimate of drug-likeness (QED) is 0.703. The van der Waals surface area contributed by atoms with Crippen LogP contribution in [0.5, 0.6) is 0 Å². The second-order valence-corrected chi connectivity index (χ2v) is 7.07. The Labute approximate surface area is 134 Å². The summed E-state index contributed by atoms with van der Waals surface area (Å²) >= 11 is 0. The maximum Gasteiger partial charge on any atom is 0.141 e. The summed E-state index contributed by atoms with van der Waals surface area (Å²) < 4.78 is 1.31. The Morgan fingerprint density at radius 3 is 1.86 bits per heavy atom. The van der Waals surface area contributed by atoms with E-state index in [9.17, 15) is 0 Å². The summed E-state index contributed by atoms with van der Waals surface area (Å²) in [5.41, 5.74) is 3.00. The third kappa shape index (κ3) is 2.28. The van der Waals surface area contributed by atoms with Gasteiger partial charge in [-0.2, -0.15) is 0 Å². The van der Waals surface area contributed by atoms with Gasteiger partial charge in [0.2, 0.25) is 0 Å². The van der Waals surface area contributed by atoms with Crippen LogP contribution in [0.3, 0.4) is 0 Å². The van der Waals surface area contributed by atoms with Crippen molar-refractivity contribution < 1.29 is 4.48 Å². The Bertz CT molecular complexity index is 567. The summed E-state index contributed by atoms with van der Waals surface area (Å²) in [7, 11) is 0. The molecule has 0 bridgehead atoms. The van der Waals surface area contributed by atoms with Crippen LogP contribution in [-0.4, -0.2) is 23.6 Å². The first-order chi connectivity index (χ1) is 10.9. The van der Waals surface area contributed by atoms with Gasteiger partial charge in [-0.05, 0) is 19.3 Å². The molecule has 1 nitrogen and oxygen atoms in total. The molecule has 0 aliphatic carbocycles. The smallest absolute Gasteiger partial charge is 0.141 e. The van der Waals surface area contributed by atoms with E-state index in [1.165, 1.54) is 60.8 Å². The molecule has 0 N–H and O–H groups in total. The van der Waals surface area contributed by atoms with Crippen molar-refractivity contribution in [1.82, 2.24) is 0 Å². The van der Waals surface area contributed by atoms with Gasteiger partial charge in [-0.15, -0.1) is 0 Å². The van der Waals surface area contributed by atoms with Crippen molar-refractivity contribution in [1.29, 1.82) is 0 Å². The summed E-state index contributed by atoms with van der Waals surface area (Å²) in [5.74, 6) is 0. The molecule has 2 aromatic rings. The molecule has 2 saturated heterocycles. The number of quaternary nitrogens is 1. The Morgan fingerprint density at radius 1 is 0.682 bits per heavy atom. The van der Waals surface area contributed by atoms with Gasteiger partial charge in [-0.1, -0.05) is 60.7 Å². The Kier molecular flexibility index (Phi) is 3.75. The van der Waals surface area contributed by atoms with Crippen LogP contribution >= 0.6 is 0 Å². The van der Waals surface area contributed by atoms with Crippen LogP contribution in [0.25, 0.3) is 0 Å². The highest BCUT2D eigenvalue weighted by atomic mass is 15.4. The van der Waals surface area contributed by atoms with E-state index in [4.69, 9.17) is 0 Å². The maximum absolute atomic E-state index is 2.34. The van der Waals surface area contributed by atoms with Gasteiger partial charge in [0.05, 0.1) is 19.1 Å². The molecule has 0 radical (unpaired) electrons. The van der Waals surface area contributed by atoms with Crippen molar-refractivity contribution >= 4 is 0 Å². The molecule has 114 valence electrons. The first-order valence-corrected chi connectivity index (χ1v) is 8.86. The average Bonchev–Trinajstić information content (AvgIpc) is 3.01. The zero-order valence-electron chi connectivity index (χ0n) is 13.3. The fraction of sp³-hybridized carbons (Fsp3) is 0.429. The molecule has 4 rings (SSSR count). The molecule has 2 aliphatic rings. The summed E-state index contributed by atoms with van der Waals surface area (Å²) in [5, 5.41) is 0. The zero-order chi connectivity index (χ0) is 14.8. The predicted octanol–water partition coefficient (Wildman–Crippen LogP) is 4.94. The molecule has 0 unspecified atom stereocenters. The number of benzene rings is 2. The lowest BCUT2D eigenvalue weighted by atomic mass is 9.89. The minimum absolute atomic E-state index is 0.523. The molecular formula is C21H26N+. The second kappa shape index (κ2) is 5.89. The summed E-state index contributed by atoms with van der Waals surface area (Å²) in [6, 6.07) is 23.9. The van der Waals surface area contributed by atoms with Gasteiger partial charge in [-0.3, -0.25) is 0 Å². The molecular weight excluding hydrogens is 266 g/mol. The van der Waals surface area contributed by atoms with Crippen LogP contribution in [0.2, 0.25) is 0 Å². The van der Waals surface area contributed by atoms with Crippen molar-refractivity contribution in [2.45, 2.75) is 44.2 Å². The fourth-order valence-electron chi connectivity index (χ4n) is 5.07. The van der Waals surface area contributed by atoms with E-state index in [0.29, 0.717) is 6.04 Å². The van der Waals surface area contributed by atoms with Crippen molar-refractivity contribution in [3.8, 4) is 0 Å². The van der Waals surface area contributed by atoms with Crippen LogP contribution in [0.4, 0.5) is 0 Å². The van der Waals surface area contributed by atoms with E-state index in [0.717, 1.165) is 6.04 Å². The first kappa shape index (κ1) is 14.0. The summed E-state index contributed by atoms with van der Waals surface area (Å²) in [6.45, 7) is 2.72. The van der Waals surface area contributed by atoms with E-state index in [1.54, 1.807) is 0 Å². The minimum atomic E-state index is 0.523. The Hall–Kier alpha value is -1.60. The molecule has 0 aromatic heterocycles. The standard InChI is InChI=1S/C21H26N/c1-3-10-18(11-4-1)21(19-12-5-2-6-13-19)22-16-8-7-14-20(22)15-9-17-22/h1-6,10-13,20-21H,7-9,14-17H2/q+1/t20-,22+/m0/s1. The normalized spacial score (nSPS) is 27.8. The van der Waals surface area contributed by atoms with Crippen molar-refractivity contribution in [2.75, 3.05) is 13.1 Å². The lowest BCUT2D eigenvalue weighted by Crippen LogP contribution is -2.56. The average molecular weight is 292 g/mol. The molecule has 0 amide bonds. The molecule has 2 aromatic carbocycles. The van der Waals surface area contributed by atoms with E-state index >= 15 is 0 Å². The van der Waals surface area contributed by atoms with Crippen LogP contribution < -0.4 is 0 Å². The van der Waals surface area contributed by atoms with Gasteiger partial charge in [-0.25, -0.2) is 0 Å². The van der Waals surface area contributed by atoms with Gasteiger partial charge >= 0.3 is 0 Å². The van der Waals surface area contributed by atoms with Gasteiger partial charge < -0.3 is 4.48 Å². The third-order valence-electron chi connectivity index (χ3n) is 5.95. The maximum atomic E-state index is 2.34. The third-order valence-corrected chi connectivity index (χ3v) is 5.95. The molecule has 2 fully saturated rings.